The fraction of sp³-hybridized carbons (Fsp3) is 0.571. The van der Waals surface area contributed by atoms with Crippen LogP contribution in [0.2, 0.25) is 0 Å². The highest BCUT2D eigenvalue weighted by Crippen LogP contribution is 2.25. The molecule has 9 heteroatoms. The first-order valence-electron chi connectivity index (χ1n) is 3.84. The molecule has 0 unspecified atom stereocenters. The van der Waals surface area contributed by atoms with E-state index in [4.69, 9.17) is 5.11 Å². The number of alkyl halides is 6. The quantitative estimate of drug-likeness (QED) is 0.582. The summed E-state index contributed by atoms with van der Waals surface area (Å²) in [5.74, 6) is -2.62. The van der Waals surface area contributed by atoms with Gasteiger partial charge in [0.25, 0.3) is 5.78 Å². The molecule has 0 rings (SSSR count). The Hall–Kier alpha value is -1.25. The highest BCUT2D eigenvalue weighted by molar-refractivity contribution is 5.95. The van der Waals surface area contributed by atoms with Gasteiger partial charge < -0.3 is 10.4 Å². The van der Waals surface area contributed by atoms with Crippen LogP contribution >= 0.6 is 0 Å². The second kappa shape index (κ2) is 5.19. The molecule has 0 aliphatic carbocycles. The lowest BCUT2D eigenvalue weighted by atomic mass is 10.3. The van der Waals surface area contributed by atoms with Gasteiger partial charge in [-0.25, -0.2) is 0 Å². The van der Waals surface area contributed by atoms with Gasteiger partial charge in [-0.05, 0) is 0 Å². The van der Waals surface area contributed by atoms with Crippen LogP contribution < -0.4 is 5.32 Å². The molecule has 0 aromatic heterocycles. The molecule has 0 heterocycles. The third kappa shape index (κ3) is 5.01. The van der Waals surface area contributed by atoms with Gasteiger partial charge in [-0.15, -0.1) is 0 Å². The lowest BCUT2D eigenvalue weighted by Crippen LogP contribution is -2.31. The van der Waals surface area contributed by atoms with Crippen LogP contribution in [0.15, 0.2) is 11.8 Å². The zero-order valence-corrected chi connectivity index (χ0v) is 7.61. The van der Waals surface area contributed by atoms with Crippen LogP contribution in [0.1, 0.15) is 0 Å². The van der Waals surface area contributed by atoms with E-state index < -0.39 is 43.1 Å². The van der Waals surface area contributed by atoms with E-state index in [0.29, 0.717) is 0 Å². The molecule has 0 saturated carbocycles. The van der Waals surface area contributed by atoms with Crippen LogP contribution in [-0.2, 0) is 4.79 Å². The number of nitrogens with one attached hydrogen (secondary N) is 1. The SMILES string of the molecule is O=C(C=C(NCCO)C(F)(F)F)C(F)(F)F. The van der Waals surface area contributed by atoms with Gasteiger partial charge in [-0.3, -0.25) is 4.79 Å². The first-order valence-corrected chi connectivity index (χ1v) is 3.84. The molecule has 0 fully saturated rings. The minimum Gasteiger partial charge on any atom is -0.395 e. The largest absolute Gasteiger partial charge is 0.454 e. The van der Waals surface area contributed by atoms with Crippen LogP contribution in [0.25, 0.3) is 0 Å². The maximum absolute atomic E-state index is 12.1. The summed E-state index contributed by atoms with van der Waals surface area (Å²) in [5, 5.41) is 9.69. The van der Waals surface area contributed by atoms with E-state index in [1.54, 1.807) is 0 Å². The van der Waals surface area contributed by atoms with E-state index in [9.17, 15) is 31.1 Å². The maximum atomic E-state index is 12.1. The summed E-state index contributed by atoms with van der Waals surface area (Å²) in [6, 6.07) is 0. The summed E-state index contributed by atoms with van der Waals surface area (Å²) in [6.45, 7) is -1.33. The van der Waals surface area contributed by atoms with Crippen LogP contribution in [0.5, 0.6) is 0 Å². The molecule has 0 radical (unpaired) electrons. The molecule has 2 N–H and O–H groups in total. The average Bonchev–Trinajstić information content (AvgIpc) is 2.08. The minimum absolute atomic E-state index is 0.588. The first kappa shape index (κ1) is 14.8. The van der Waals surface area contributed by atoms with Crippen molar-refractivity contribution in [2.45, 2.75) is 12.4 Å². The molecule has 16 heavy (non-hydrogen) atoms. The first-order chi connectivity index (χ1) is 7.09. The van der Waals surface area contributed by atoms with E-state index >= 15 is 0 Å². The molecular weight excluding hydrogens is 244 g/mol. The summed E-state index contributed by atoms with van der Waals surface area (Å²) in [4.78, 5) is 10.3. The van der Waals surface area contributed by atoms with Crippen molar-refractivity contribution in [2.75, 3.05) is 13.2 Å². The fourth-order valence-electron chi connectivity index (χ4n) is 0.637. The number of carbonyl (C=O) groups excluding carboxylic acids is 1. The number of carbonyl (C=O) groups is 1. The van der Waals surface area contributed by atoms with Crippen molar-refractivity contribution in [2.24, 2.45) is 0 Å². The number of allylic oxidation sites excluding steroid dienone is 2. The molecule has 0 atom stereocenters. The molecular formula is C7H7F6NO2. The number of aliphatic hydroxyl groups is 1. The predicted molar refractivity (Wildman–Crippen MR) is 40.3 cm³/mol. The van der Waals surface area contributed by atoms with Crippen LogP contribution in [0, 0.1) is 0 Å². The summed E-state index contributed by atoms with van der Waals surface area (Å²) in [5.41, 5.74) is -1.84. The van der Waals surface area contributed by atoms with Crippen molar-refractivity contribution in [3.05, 3.63) is 11.8 Å². The lowest BCUT2D eigenvalue weighted by Gasteiger charge is -2.13. The Labute approximate surface area is 85.7 Å². The Morgan fingerprint density at radius 3 is 1.94 bits per heavy atom. The van der Waals surface area contributed by atoms with E-state index in [1.165, 1.54) is 5.32 Å². The van der Waals surface area contributed by atoms with Crippen LogP contribution in [-0.4, -0.2) is 36.4 Å². The molecule has 0 saturated heterocycles. The van der Waals surface area contributed by atoms with Gasteiger partial charge in [-0.1, -0.05) is 0 Å². The maximum Gasteiger partial charge on any atom is 0.454 e. The summed E-state index contributed by atoms with van der Waals surface area (Å²) in [6.07, 6.45) is -11.1. The van der Waals surface area contributed by atoms with Crippen molar-refractivity contribution in [3.63, 3.8) is 0 Å². The van der Waals surface area contributed by atoms with Crippen molar-refractivity contribution in [1.82, 2.24) is 5.32 Å². The monoisotopic (exact) mass is 251 g/mol. The lowest BCUT2D eigenvalue weighted by molar-refractivity contribution is -0.166. The Balaban J connectivity index is 4.90. The second-order valence-electron chi connectivity index (χ2n) is 2.57. The Bertz CT molecular complexity index is 280. The number of aliphatic hydroxyl groups excluding tert-OH is 1. The molecule has 3 nitrogen and oxygen atoms in total. The Kier molecular flexibility index (Phi) is 4.79. The molecule has 0 spiro atoms. The summed E-state index contributed by atoms with van der Waals surface area (Å²) in [7, 11) is 0. The molecule has 0 aliphatic rings. The Morgan fingerprint density at radius 1 is 1.12 bits per heavy atom. The normalized spacial score (nSPS) is 13.8. The van der Waals surface area contributed by atoms with Crippen LogP contribution in [0.3, 0.4) is 0 Å². The van der Waals surface area contributed by atoms with Gasteiger partial charge in [0.1, 0.15) is 5.70 Å². The second-order valence-corrected chi connectivity index (χ2v) is 2.57. The highest BCUT2D eigenvalue weighted by atomic mass is 19.4. The number of ketones is 1. The number of hydrogen-bond acceptors (Lipinski definition) is 3. The summed E-state index contributed by atoms with van der Waals surface area (Å²) < 4.78 is 71.2. The number of halogens is 6. The van der Waals surface area contributed by atoms with Crippen molar-refractivity contribution in [1.29, 1.82) is 0 Å². The van der Waals surface area contributed by atoms with Gasteiger partial charge in [0.15, 0.2) is 0 Å². The molecule has 0 aliphatic heterocycles. The third-order valence-corrected chi connectivity index (χ3v) is 1.29. The van der Waals surface area contributed by atoms with Gasteiger partial charge in [0, 0.05) is 12.6 Å². The van der Waals surface area contributed by atoms with Gasteiger partial charge in [0.05, 0.1) is 6.61 Å². The van der Waals surface area contributed by atoms with Gasteiger partial charge >= 0.3 is 12.4 Å². The molecule has 0 bridgehead atoms. The minimum atomic E-state index is -5.36. The van der Waals surface area contributed by atoms with Crippen molar-refractivity contribution < 1.29 is 36.2 Å². The highest BCUT2D eigenvalue weighted by Gasteiger charge is 2.41. The zero-order chi connectivity index (χ0) is 13.0. The molecule has 0 aromatic carbocycles. The predicted octanol–water partition coefficient (Wildman–Crippen LogP) is 1.15. The fourth-order valence-corrected chi connectivity index (χ4v) is 0.637. The number of rotatable bonds is 4. The topological polar surface area (TPSA) is 49.3 Å². The third-order valence-electron chi connectivity index (χ3n) is 1.29. The van der Waals surface area contributed by atoms with Crippen molar-refractivity contribution >= 4 is 5.78 Å². The van der Waals surface area contributed by atoms with E-state index in [2.05, 4.69) is 0 Å². The van der Waals surface area contributed by atoms with Crippen LogP contribution in [0.4, 0.5) is 26.3 Å². The number of hydrogen-bond donors (Lipinski definition) is 2. The standard InChI is InChI=1S/C7H7F6NO2/c8-6(9,10)4(14-1-2-15)3-5(16)7(11,12)13/h3,14-15H,1-2H2. The smallest absolute Gasteiger partial charge is 0.395 e. The molecule has 0 amide bonds. The van der Waals surface area contributed by atoms with E-state index in [-0.39, 0.29) is 0 Å². The summed E-state index contributed by atoms with van der Waals surface area (Å²) >= 11 is 0. The molecule has 0 aromatic rings. The average molecular weight is 251 g/mol. The van der Waals surface area contributed by atoms with Crippen molar-refractivity contribution in [3.8, 4) is 0 Å². The van der Waals surface area contributed by atoms with Gasteiger partial charge in [0.2, 0.25) is 0 Å². The molecule has 94 valence electrons. The Morgan fingerprint density at radius 2 is 1.62 bits per heavy atom. The van der Waals surface area contributed by atoms with E-state index in [1.807, 2.05) is 0 Å². The van der Waals surface area contributed by atoms with E-state index in [0.717, 1.165) is 0 Å². The van der Waals surface area contributed by atoms with Gasteiger partial charge in [-0.2, -0.15) is 26.3 Å². The zero-order valence-electron chi connectivity index (χ0n) is 7.61.